The number of hydrogen-bond donors (Lipinski definition) is 2. The minimum Gasteiger partial charge on any atom is -0.493 e. The molecule has 0 bridgehead atoms. The molecule has 2 aliphatic heterocycles. The van der Waals surface area contributed by atoms with Crippen molar-refractivity contribution in [1.82, 2.24) is 4.90 Å². The van der Waals surface area contributed by atoms with Crippen LogP contribution >= 0.6 is 0 Å². The first kappa shape index (κ1) is 22.4. The van der Waals surface area contributed by atoms with E-state index in [2.05, 4.69) is 10.6 Å². The highest BCUT2D eigenvalue weighted by Crippen LogP contribution is 2.35. The first-order chi connectivity index (χ1) is 17.0. The van der Waals surface area contributed by atoms with Crippen molar-refractivity contribution in [3.8, 4) is 23.0 Å². The molecule has 3 aromatic rings. The van der Waals surface area contributed by atoms with Gasteiger partial charge in [0.05, 0.1) is 14.2 Å². The topological polar surface area (TPSA) is 98.4 Å². The maximum atomic E-state index is 12.9. The van der Waals surface area contributed by atoms with Crippen molar-refractivity contribution >= 4 is 23.3 Å². The molecule has 3 aromatic carbocycles. The molecule has 5 rings (SSSR count). The van der Waals surface area contributed by atoms with E-state index in [4.69, 9.17) is 18.9 Å². The van der Waals surface area contributed by atoms with Gasteiger partial charge in [-0.05, 0) is 66.1 Å². The number of carbonyl (C=O) groups excluding carboxylic acids is 2. The molecule has 0 spiro atoms. The Kier molecular flexibility index (Phi) is 6.05. The van der Waals surface area contributed by atoms with E-state index in [9.17, 15) is 9.59 Å². The van der Waals surface area contributed by atoms with Crippen LogP contribution in [0.3, 0.4) is 0 Å². The Hall–Kier alpha value is -4.40. The van der Waals surface area contributed by atoms with Gasteiger partial charge in [-0.15, -0.1) is 0 Å². The number of anilines is 2. The number of urea groups is 1. The number of amides is 3. The maximum absolute atomic E-state index is 12.9. The molecule has 9 nitrogen and oxygen atoms in total. The predicted octanol–water partition coefficient (Wildman–Crippen LogP) is 4.28. The summed E-state index contributed by atoms with van der Waals surface area (Å²) < 4.78 is 21.4. The second-order valence-electron chi connectivity index (χ2n) is 8.18. The monoisotopic (exact) mass is 475 g/mol. The van der Waals surface area contributed by atoms with Gasteiger partial charge < -0.3 is 34.5 Å². The molecular formula is C26H25N3O6. The van der Waals surface area contributed by atoms with E-state index < -0.39 is 0 Å². The SMILES string of the molecule is COc1cc2c(cc1OC)CN(C(=O)Nc1ccc(C(=O)Nc3ccc4c(c3)OCO4)cc1)CC2. The Bertz CT molecular complexity index is 1270. The van der Waals surface area contributed by atoms with Gasteiger partial charge >= 0.3 is 6.03 Å². The van der Waals surface area contributed by atoms with Gasteiger partial charge in [-0.1, -0.05) is 0 Å². The van der Waals surface area contributed by atoms with Crippen LogP contribution in [0, 0.1) is 0 Å². The summed E-state index contributed by atoms with van der Waals surface area (Å²) >= 11 is 0. The second kappa shape index (κ2) is 9.46. The Morgan fingerprint density at radius 3 is 2.26 bits per heavy atom. The van der Waals surface area contributed by atoms with Crippen molar-refractivity contribution in [2.24, 2.45) is 0 Å². The number of rotatable bonds is 5. The van der Waals surface area contributed by atoms with Crippen LogP contribution in [-0.4, -0.2) is 44.4 Å². The maximum Gasteiger partial charge on any atom is 0.322 e. The van der Waals surface area contributed by atoms with E-state index in [1.165, 1.54) is 0 Å². The summed E-state index contributed by atoms with van der Waals surface area (Å²) in [4.78, 5) is 27.2. The molecule has 0 unspecified atom stereocenters. The number of nitrogens with one attached hydrogen (secondary N) is 2. The molecule has 0 aliphatic carbocycles. The van der Waals surface area contributed by atoms with Crippen LogP contribution in [0.2, 0.25) is 0 Å². The number of hydrogen-bond acceptors (Lipinski definition) is 6. The van der Waals surface area contributed by atoms with Crippen molar-refractivity contribution in [1.29, 1.82) is 0 Å². The zero-order chi connectivity index (χ0) is 24.4. The summed E-state index contributed by atoms with van der Waals surface area (Å²) in [6.45, 7) is 1.23. The van der Waals surface area contributed by atoms with E-state index in [0.29, 0.717) is 53.0 Å². The van der Waals surface area contributed by atoms with Crippen molar-refractivity contribution in [2.45, 2.75) is 13.0 Å². The molecule has 0 saturated carbocycles. The Balaban J connectivity index is 1.20. The predicted molar refractivity (Wildman–Crippen MR) is 130 cm³/mol. The summed E-state index contributed by atoms with van der Waals surface area (Å²) in [5, 5.41) is 5.74. The van der Waals surface area contributed by atoms with Gasteiger partial charge in [-0.2, -0.15) is 0 Å². The zero-order valence-electron chi connectivity index (χ0n) is 19.4. The number of carbonyl (C=O) groups is 2. The van der Waals surface area contributed by atoms with Gasteiger partial charge in [0.2, 0.25) is 6.79 Å². The fourth-order valence-electron chi connectivity index (χ4n) is 4.14. The smallest absolute Gasteiger partial charge is 0.322 e. The number of fused-ring (bicyclic) bond motifs is 2. The molecule has 35 heavy (non-hydrogen) atoms. The third-order valence-electron chi connectivity index (χ3n) is 6.03. The molecule has 2 N–H and O–H groups in total. The highest BCUT2D eigenvalue weighted by atomic mass is 16.7. The number of methoxy groups -OCH3 is 2. The average molecular weight is 476 g/mol. The van der Waals surface area contributed by atoms with Gasteiger partial charge in [0.25, 0.3) is 5.91 Å². The molecule has 0 atom stereocenters. The lowest BCUT2D eigenvalue weighted by molar-refractivity contribution is 0.102. The van der Waals surface area contributed by atoms with E-state index in [0.717, 1.165) is 17.5 Å². The largest absolute Gasteiger partial charge is 0.493 e. The van der Waals surface area contributed by atoms with Crippen molar-refractivity contribution in [2.75, 3.05) is 38.2 Å². The summed E-state index contributed by atoms with van der Waals surface area (Å²) in [5.74, 6) is 2.31. The first-order valence-corrected chi connectivity index (χ1v) is 11.1. The Labute approximate surface area is 202 Å². The standard InChI is InChI=1S/C26H25N3O6/c1-32-22-11-17-9-10-29(14-18(17)12-23(22)33-2)26(31)28-19-5-3-16(4-6-19)25(30)27-20-7-8-21-24(13-20)35-15-34-21/h3-8,11-13H,9-10,14-15H2,1-2H3,(H,27,30)(H,28,31). The molecule has 2 heterocycles. The van der Waals surface area contributed by atoms with Gasteiger partial charge in [-0.25, -0.2) is 4.79 Å². The second-order valence-corrected chi connectivity index (χ2v) is 8.18. The van der Waals surface area contributed by atoms with E-state index >= 15 is 0 Å². The lowest BCUT2D eigenvalue weighted by Crippen LogP contribution is -2.38. The Morgan fingerprint density at radius 2 is 1.51 bits per heavy atom. The van der Waals surface area contributed by atoms with Crippen LogP contribution in [0.5, 0.6) is 23.0 Å². The van der Waals surface area contributed by atoms with Crippen LogP contribution < -0.4 is 29.6 Å². The van der Waals surface area contributed by atoms with Crippen LogP contribution in [0.25, 0.3) is 0 Å². The minimum atomic E-state index is -0.265. The summed E-state index contributed by atoms with van der Waals surface area (Å²) in [7, 11) is 3.20. The van der Waals surface area contributed by atoms with Crippen molar-refractivity contribution < 1.29 is 28.5 Å². The molecule has 9 heteroatoms. The molecule has 180 valence electrons. The number of benzene rings is 3. The summed E-state index contributed by atoms with van der Waals surface area (Å²) in [6, 6.07) is 15.7. The van der Waals surface area contributed by atoms with Crippen LogP contribution in [0.15, 0.2) is 54.6 Å². The molecule has 0 fully saturated rings. The minimum absolute atomic E-state index is 0.173. The zero-order valence-corrected chi connectivity index (χ0v) is 19.4. The lowest BCUT2D eigenvalue weighted by Gasteiger charge is -2.29. The van der Waals surface area contributed by atoms with E-state index in [1.807, 2.05) is 12.1 Å². The fourth-order valence-corrected chi connectivity index (χ4v) is 4.14. The molecule has 0 aromatic heterocycles. The van der Waals surface area contributed by atoms with E-state index in [-0.39, 0.29) is 18.7 Å². The highest BCUT2D eigenvalue weighted by molar-refractivity contribution is 6.04. The molecule has 3 amide bonds. The molecule has 0 saturated heterocycles. The number of ether oxygens (including phenoxy) is 4. The van der Waals surface area contributed by atoms with Gasteiger partial charge in [0, 0.05) is 36.1 Å². The van der Waals surface area contributed by atoms with Crippen LogP contribution in [0.1, 0.15) is 21.5 Å². The normalized spacial score (nSPS) is 13.6. The van der Waals surface area contributed by atoms with Gasteiger partial charge in [0.1, 0.15) is 0 Å². The van der Waals surface area contributed by atoms with Gasteiger partial charge in [-0.3, -0.25) is 4.79 Å². The quantitative estimate of drug-likeness (QED) is 0.572. The van der Waals surface area contributed by atoms with Crippen LogP contribution in [-0.2, 0) is 13.0 Å². The molecular weight excluding hydrogens is 450 g/mol. The summed E-state index contributed by atoms with van der Waals surface area (Å²) in [5.41, 5.74) is 3.85. The van der Waals surface area contributed by atoms with Crippen molar-refractivity contribution in [3.63, 3.8) is 0 Å². The first-order valence-electron chi connectivity index (χ1n) is 11.1. The van der Waals surface area contributed by atoms with Gasteiger partial charge in [0.15, 0.2) is 23.0 Å². The third-order valence-corrected chi connectivity index (χ3v) is 6.03. The lowest BCUT2D eigenvalue weighted by atomic mass is 9.99. The Morgan fingerprint density at radius 1 is 0.829 bits per heavy atom. The van der Waals surface area contributed by atoms with Crippen LogP contribution in [0.4, 0.5) is 16.2 Å². The summed E-state index contributed by atoms with van der Waals surface area (Å²) in [6.07, 6.45) is 0.724. The van der Waals surface area contributed by atoms with E-state index in [1.54, 1.807) is 61.6 Å². The van der Waals surface area contributed by atoms with Crippen molar-refractivity contribution in [3.05, 3.63) is 71.3 Å². The average Bonchev–Trinajstić information content (AvgIpc) is 3.35. The molecule has 2 aliphatic rings. The molecule has 0 radical (unpaired) electrons. The number of nitrogens with zero attached hydrogens (tertiary/aromatic N) is 1. The third kappa shape index (κ3) is 4.65. The fraction of sp³-hybridized carbons (Fsp3) is 0.231. The highest BCUT2D eigenvalue weighted by Gasteiger charge is 2.23.